The molecule has 0 radical (unpaired) electrons. The summed E-state index contributed by atoms with van der Waals surface area (Å²) in [7, 11) is 0. The van der Waals surface area contributed by atoms with Crippen molar-refractivity contribution < 1.29 is 41.9 Å². The lowest BCUT2D eigenvalue weighted by molar-refractivity contribution is -0.138. The molecule has 1 aliphatic carbocycles. The first-order chi connectivity index (χ1) is 35.7. The maximum atomic E-state index is 15.0. The molecule has 19 heteroatoms. The second kappa shape index (κ2) is 25.2. The first-order valence-electron chi connectivity index (χ1n) is 25.4. The van der Waals surface area contributed by atoms with Crippen molar-refractivity contribution in [2.24, 2.45) is 0 Å². The summed E-state index contributed by atoms with van der Waals surface area (Å²) in [6.07, 6.45) is 3.94. The lowest BCUT2D eigenvalue weighted by Crippen LogP contribution is -2.60. The Morgan fingerprint density at radius 2 is 1.41 bits per heavy atom. The van der Waals surface area contributed by atoms with Crippen molar-refractivity contribution >= 4 is 87.4 Å². The van der Waals surface area contributed by atoms with Gasteiger partial charge in [0.2, 0.25) is 17.7 Å². The largest absolute Gasteiger partial charge is 0.445 e. The molecule has 0 N–H and O–H groups in total. The summed E-state index contributed by atoms with van der Waals surface area (Å²) in [5.41, 5.74) is 0.956. The van der Waals surface area contributed by atoms with Gasteiger partial charge in [-0.2, -0.15) is 13.2 Å². The normalized spacial score (nSPS) is 19.0. The Labute approximate surface area is 449 Å². The Bertz CT molecular complexity index is 2630. The molecule has 1 aromatic heterocycles. The minimum atomic E-state index is -4.74. The molecule has 12 nitrogen and oxygen atoms in total. The lowest BCUT2D eigenvalue weighted by Gasteiger charge is -2.43. The fourth-order valence-corrected chi connectivity index (χ4v) is 13.2. The third-order valence-corrected chi connectivity index (χ3v) is 17.4. The Balaban J connectivity index is 1.04. The highest BCUT2D eigenvalue weighted by Crippen LogP contribution is 2.42. The van der Waals surface area contributed by atoms with E-state index in [1.54, 1.807) is 22.7 Å². The van der Waals surface area contributed by atoms with Crippen LogP contribution < -0.4 is 9.80 Å². The van der Waals surface area contributed by atoms with Crippen LogP contribution in [0.4, 0.5) is 29.3 Å². The van der Waals surface area contributed by atoms with E-state index in [2.05, 4.69) is 4.90 Å². The van der Waals surface area contributed by atoms with E-state index in [9.17, 15) is 37.1 Å². The van der Waals surface area contributed by atoms with E-state index >= 15 is 0 Å². The number of ether oxygens (including phenoxy) is 1. The lowest BCUT2D eigenvalue weighted by atomic mass is 9.93. The van der Waals surface area contributed by atoms with E-state index in [-0.39, 0.29) is 72.9 Å². The minimum Gasteiger partial charge on any atom is -0.445 e. The van der Waals surface area contributed by atoms with Crippen molar-refractivity contribution in [2.45, 2.75) is 101 Å². The summed E-state index contributed by atoms with van der Waals surface area (Å²) in [4.78, 5) is 82.3. The van der Waals surface area contributed by atoms with Gasteiger partial charge in [0.25, 0.3) is 5.91 Å². The van der Waals surface area contributed by atoms with E-state index in [0.717, 1.165) is 40.1 Å². The Morgan fingerprint density at radius 1 is 0.757 bits per heavy atom. The van der Waals surface area contributed by atoms with Crippen LogP contribution >= 0.6 is 46.3 Å². The molecule has 1 saturated carbocycles. The molecular formula is C55H63Cl2F3N6O6S2. The molecule has 396 valence electrons. The van der Waals surface area contributed by atoms with Crippen LogP contribution in [0, 0.1) is 6.92 Å². The smallest absolute Gasteiger partial charge is 0.416 e. The highest BCUT2D eigenvalue weighted by molar-refractivity contribution is 8.03. The van der Waals surface area contributed by atoms with Crippen molar-refractivity contribution in [2.75, 3.05) is 73.9 Å². The van der Waals surface area contributed by atoms with Gasteiger partial charge >= 0.3 is 12.3 Å². The maximum absolute atomic E-state index is 15.0. The van der Waals surface area contributed by atoms with Gasteiger partial charge < -0.3 is 19.4 Å². The summed E-state index contributed by atoms with van der Waals surface area (Å²) in [6, 6.07) is 22.3. The molecule has 4 heterocycles. The van der Waals surface area contributed by atoms with E-state index in [0.29, 0.717) is 42.5 Å². The zero-order chi connectivity index (χ0) is 52.5. The van der Waals surface area contributed by atoms with Gasteiger partial charge in [-0.25, -0.2) is 4.79 Å². The predicted molar refractivity (Wildman–Crippen MR) is 287 cm³/mol. The number of halogens is 5. The number of hydrogen-bond acceptors (Lipinski definition) is 9. The average Bonchev–Trinajstić information content (AvgIpc) is 4.14. The quantitative estimate of drug-likeness (QED) is 0.102. The first kappa shape index (κ1) is 55.2. The van der Waals surface area contributed by atoms with Gasteiger partial charge in [-0.1, -0.05) is 80.8 Å². The van der Waals surface area contributed by atoms with Crippen LogP contribution in [0.25, 0.3) is 0 Å². The SMILES string of the molecule is Cc1c(N(C(=O)CCl)C(C(=O)N2CCN(C(=O)OCc3ccccc3)CC2)c2ccc(CC(C)c3cccc(N(C(=O)CCl)[C@@H](C(=O)N4CCN(C5CCCCC5)CC4)C4CC=CS4)c3)s2)cccc1C(F)(F)F. The van der Waals surface area contributed by atoms with E-state index in [4.69, 9.17) is 27.9 Å². The third-order valence-electron chi connectivity index (χ3n) is 14.7. The van der Waals surface area contributed by atoms with Gasteiger partial charge in [0, 0.05) is 84.8 Å². The zero-order valence-electron chi connectivity index (χ0n) is 41.7. The predicted octanol–water partition coefficient (Wildman–Crippen LogP) is 10.7. The maximum Gasteiger partial charge on any atom is 0.416 e. The molecule has 4 atom stereocenters. The van der Waals surface area contributed by atoms with Crippen LogP contribution in [-0.4, -0.2) is 131 Å². The second-order valence-corrected chi connectivity index (χ2v) is 22.3. The molecule has 4 aromatic rings. The highest BCUT2D eigenvalue weighted by atomic mass is 35.5. The number of thiophene rings is 1. The van der Waals surface area contributed by atoms with Gasteiger partial charge in [0.05, 0.1) is 5.56 Å². The van der Waals surface area contributed by atoms with E-state index in [1.807, 2.05) is 84.0 Å². The molecule has 0 spiro atoms. The number of thioether (sulfide) groups is 1. The first-order valence-corrected chi connectivity index (χ1v) is 28.2. The molecule has 2 saturated heterocycles. The second-order valence-electron chi connectivity index (χ2n) is 19.4. The summed E-state index contributed by atoms with van der Waals surface area (Å²) in [5.74, 6) is -2.88. The summed E-state index contributed by atoms with van der Waals surface area (Å²) < 4.78 is 48.7. The van der Waals surface area contributed by atoms with Crippen LogP contribution in [0.2, 0.25) is 0 Å². The number of piperazine rings is 2. The van der Waals surface area contributed by atoms with Crippen LogP contribution in [0.15, 0.2) is 96.4 Å². The number of hydrogen-bond donors (Lipinski definition) is 0. The van der Waals surface area contributed by atoms with Crippen LogP contribution in [0.1, 0.15) is 89.4 Å². The van der Waals surface area contributed by atoms with Gasteiger partial charge in [-0.15, -0.1) is 46.3 Å². The van der Waals surface area contributed by atoms with Crippen molar-refractivity contribution in [1.29, 1.82) is 0 Å². The Hall–Kier alpha value is -5.07. The average molecular weight is 1100 g/mol. The standard InChI is InChI=1S/C55H63Cl2F3N6O6S2/c1-37(40-14-9-17-42(33-40)65(48(67)34-56)50(46-20-11-31-73-46)52(69)62-25-23-61(24-26-62)41-15-7-4-8-16-41)32-43-21-22-47(74-43)51(66(49(68)35-57)45-19-10-18-44(38(45)2)55(58,59)60)53(70)63-27-29-64(30-28-63)54(71)72-36-39-12-5-3-6-13-39/h3,5-6,9-14,17-19,21-22,31,33,37,41,46,50-51H,4,7-8,15-16,20,23-30,32,34-36H2,1-2H3/t37?,46?,50-,51?/m1/s1. The topological polar surface area (TPSA) is 114 Å². The molecule has 4 aliphatic rings. The van der Waals surface area contributed by atoms with Crippen molar-refractivity contribution in [3.8, 4) is 0 Å². The number of anilines is 2. The third kappa shape index (κ3) is 12.9. The number of benzene rings is 3. The molecule has 0 bridgehead atoms. The Morgan fingerprint density at radius 3 is 2.07 bits per heavy atom. The van der Waals surface area contributed by atoms with Gasteiger partial charge in [-0.05, 0) is 97.0 Å². The molecule has 5 amide bonds. The Kier molecular flexibility index (Phi) is 18.8. The summed E-state index contributed by atoms with van der Waals surface area (Å²) >= 11 is 15.4. The summed E-state index contributed by atoms with van der Waals surface area (Å²) in [5, 5.41) is 1.78. The highest BCUT2D eigenvalue weighted by Gasteiger charge is 2.43. The van der Waals surface area contributed by atoms with Gasteiger partial charge in [0.15, 0.2) is 0 Å². The number of carbonyl (C=O) groups excluding carboxylic acids is 5. The molecule has 74 heavy (non-hydrogen) atoms. The minimum absolute atomic E-state index is 0.0704. The number of alkyl halides is 5. The van der Waals surface area contributed by atoms with Crippen LogP contribution in [0.3, 0.4) is 0 Å². The fourth-order valence-electron chi connectivity index (χ4n) is 10.7. The van der Waals surface area contributed by atoms with Gasteiger partial charge in [-0.3, -0.25) is 33.9 Å². The zero-order valence-corrected chi connectivity index (χ0v) is 44.8. The van der Waals surface area contributed by atoms with Crippen molar-refractivity contribution in [3.05, 3.63) is 128 Å². The number of amides is 5. The van der Waals surface area contributed by atoms with Crippen LogP contribution in [0.5, 0.6) is 0 Å². The summed E-state index contributed by atoms with van der Waals surface area (Å²) in [6.45, 7) is 6.55. The molecule has 3 fully saturated rings. The fraction of sp³-hybridized carbons (Fsp3) is 0.473. The van der Waals surface area contributed by atoms with Crippen LogP contribution in [-0.2, 0) is 43.1 Å². The number of nitrogens with zero attached hydrogens (tertiary/aromatic N) is 6. The molecule has 3 unspecified atom stereocenters. The molecule has 3 aromatic carbocycles. The van der Waals surface area contributed by atoms with Crippen molar-refractivity contribution in [3.63, 3.8) is 0 Å². The number of allylic oxidation sites excluding steroid dienone is 1. The van der Waals surface area contributed by atoms with E-state index < -0.39 is 47.6 Å². The van der Waals surface area contributed by atoms with Gasteiger partial charge in [0.1, 0.15) is 30.5 Å². The molecule has 3 aliphatic heterocycles. The molecule has 8 rings (SSSR count). The molecular weight excluding hydrogens is 1030 g/mol. The monoisotopic (exact) mass is 1090 g/mol. The van der Waals surface area contributed by atoms with E-state index in [1.165, 1.54) is 72.3 Å². The number of rotatable bonds is 16. The van der Waals surface area contributed by atoms with Crippen molar-refractivity contribution in [1.82, 2.24) is 19.6 Å². The number of carbonyl (C=O) groups is 5.